The molecule has 1 aromatic rings. The molecule has 1 saturated heterocycles. The maximum absolute atomic E-state index is 13.0. The second-order valence-corrected chi connectivity index (χ2v) is 9.33. The Morgan fingerprint density at radius 3 is 2.53 bits per heavy atom. The fourth-order valence-electron chi connectivity index (χ4n) is 4.83. The molecule has 168 valence electrons. The van der Waals surface area contributed by atoms with Gasteiger partial charge in [-0.15, -0.1) is 0 Å². The van der Waals surface area contributed by atoms with Gasteiger partial charge < -0.3 is 19.7 Å². The molecule has 2 atom stereocenters. The first-order chi connectivity index (χ1) is 14.5. The Hall–Kier alpha value is -1.59. The van der Waals surface area contributed by atoms with Crippen LogP contribution in [0.1, 0.15) is 65.7 Å². The molecule has 1 aliphatic carbocycles. The Morgan fingerprint density at radius 2 is 1.87 bits per heavy atom. The number of hydrogen-bond acceptors (Lipinski definition) is 4. The fourth-order valence-corrected chi connectivity index (χ4v) is 4.83. The zero-order valence-corrected chi connectivity index (χ0v) is 19.1. The molecule has 0 unspecified atom stereocenters. The number of benzene rings is 1. The van der Waals surface area contributed by atoms with Gasteiger partial charge in [-0.1, -0.05) is 20.3 Å². The number of likely N-dealkylation sites (tertiary alicyclic amines) is 1. The quantitative estimate of drug-likeness (QED) is 0.568. The van der Waals surface area contributed by atoms with Crippen LogP contribution in [0.2, 0.25) is 0 Å². The molecular weight excluding hydrogens is 376 g/mol. The number of nitrogens with zero attached hydrogens (tertiary/aromatic N) is 1. The topological polar surface area (TPSA) is 50.8 Å². The zero-order valence-electron chi connectivity index (χ0n) is 19.1. The maximum atomic E-state index is 13.0. The van der Waals surface area contributed by atoms with Gasteiger partial charge in [-0.05, 0) is 94.6 Å². The molecule has 1 N–H and O–H groups in total. The first-order valence-electron chi connectivity index (χ1n) is 11.9. The van der Waals surface area contributed by atoms with E-state index in [9.17, 15) is 4.79 Å². The highest BCUT2D eigenvalue weighted by Crippen LogP contribution is 2.36. The van der Waals surface area contributed by atoms with Crippen molar-refractivity contribution in [2.24, 2.45) is 11.8 Å². The molecule has 2 aliphatic rings. The molecule has 1 saturated carbocycles. The van der Waals surface area contributed by atoms with Crippen molar-refractivity contribution in [1.29, 1.82) is 0 Å². The number of amides is 1. The molecule has 0 aromatic heterocycles. The van der Waals surface area contributed by atoms with Crippen LogP contribution in [0.4, 0.5) is 5.69 Å². The predicted octanol–water partition coefficient (Wildman–Crippen LogP) is 5.11. The predicted molar refractivity (Wildman–Crippen MR) is 122 cm³/mol. The molecule has 0 bridgehead atoms. The highest BCUT2D eigenvalue weighted by Gasteiger charge is 2.42. The van der Waals surface area contributed by atoms with Gasteiger partial charge >= 0.3 is 0 Å². The van der Waals surface area contributed by atoms with Crippen LogP contribution in [0.3, 0.4) is 0 Å². The summed E-state index contributed by atoms with van der Waals surface area (Å²) in [6.45, 7) is 11.4. The van der Waals surface area contributed by atoms with Crippen LogP contribution in [0.25, 0.3) is 0 Å². The summed E-state index contributed by atoms with van der Waals surface area (Å²) in [7, 11) is 0. The smallest absolute Gasteiger partial charge is 0.256 e. The van der Waals surface area contributed by atoms with Gasteiger partial charge in [0.25, 0.3) is 5.91 Å². The van der Waals surface area contributed by atoms with E-state index in [4.69, 9.17) is 9.47 Å². The minimum absolute atomic E-state index is 0.0135. The van der Waals surface area contributed by atoms with Crippen molar-refractivity contribution < 1.29 is 14.3 Å². The molecule has 5 heteroatoms. The van der Waals surface area contributed by atoms with Crippen LogP contribution in [0.15, 0.2) is 24.3 Å². The Balaban J connectivity index is 1.44. The molecule has 5 nitrogen and oxygen atoms in total. The number of carbonyl (C=O) groups excluding carboxylic acids is 1. The number of rotatable bonds is 9. The third-order valence-electron chi connectivity index (χ3n) is 6.67. The van der Waals surface area contributed by atoms with Crippen molar-refractivity contribution in [3.05, 3.63) is 24.3 Å². The zero-order chi connectivity index (χ0) is 21.4. The van der Waals surface area contributed by atoms with Gasteiger partial charge in [-0.2, -0.15) is 0 Å². The van der Waals surface area contributed by atoms with E-state index in [1.807, 2.05) is 31.2 Å². The lowest BCUT2D eigenvalue weighted by Crippen LogP contribution is -2.48. The summed E-state index contributed by atoms with van der Waals surface area (Å²) in [4.78, 5) is 15.6. The van der Waals surface area contributed by atoms with E-state index in [0.717, 1.165) is 56.2 Å². The van der Waals surface area contributed by atoms with Crippen LogP contribution in [-0.4, -0.2) is 49.3 Å². The minimum atomic E-state index is -0.687. The van der Waals surface area contributed by atoms with Gasteiger partial charge in [0.05, 0.1) is 6.61 Å². The largest absolute Gasteiger partial charge is 0.494 e. The monoisotopic (exact) mass is 416 g/mol. The lowest BCUT2D eigenvalue weighted by atomic mass is 9.78. The van der Waals surface area contributed by atoms with Gasteiger partial charge in [0.15, 0.2) is 0 Å². The van der Waals surface area contributed by atoms with Gasteiger partial charge in [0, 0.05) is 18.8 Å². The molecule has 1 aromatic carbocycles. The fraction of sp³-hybridized carbons (Fsp3) is 0.720. The summed E-state index contributed by atoms with van der Waals surface area (Å²) in [5, 5.41) is 3.07. The Kier molecular flexibility index (Phi) is 8.58. The van der Waals surface area contributed by atoms with E-state index < -0.39 is 5.60 Å². The summed E-state index contributed by atoms with van der Waals surface area (Å²) in [5.41, 5.74) is 0.112. The highest BCUT2D eigenvalue weighted by molar-refractivity contribution is 5.97. The molecular formula is C25H40N2O3. The van der Waals surface area contributed by atoms with Gasteiger partial charge in [0.2, 0.25) is 0 Å². The number of hydrogen-bond donors (Lipinski definition) is 1. The average Bonchev–Trinajstić information content (AvgIpc) is 2.74. The van der Waals surface area contributed by atoms with Crippen molar-refractivity contribution in [2.45, 2.75) is 71.3 Å². The van der Waals surface area contributed by atoms with Crippen molar-refractivity contribution in [3.63, 3.8) is 0 Å². The van der Waals surface area contributed by atoms with E-state index in [0.29, 0.717) is 12.5 Å². The van der Waals surface area contributed by atoms with Crippen LogP contribution in [-0.2, 0) is 9.53 Å². The van der Waals surface area contributed by atoms with Crippen LogP contribution in [0, 0.1) is 11.8 Å². The number of piperidine rings is 1. The third-order valence-corrected chi connectivity index (χ3v) is 6.67. The standard InChI is InChI=1S/C25H40N2O3/c1-4-30-25(14-5-7-21(3)19-25)24(28)26-22-8-10-23(11-9-22)29-18-6-15-27-16-12-20(2)13-17-27/h8-11,20-21H,4-7,12-19H2,1-3H3,(H,26,28)/t21-,25-/m1/s1. The SMILES string of the molecule is CCO[C@]1(C(=O)Nc2ccc(OCCCN3CCC(C)CC3)cc2)CCC[C@@H](C)C1. The molecule has 3 rings (SSSR count). The second-order valence-electron chi connectivity index (χ2n) is 9.33. The number of carbonyl (C=O) groups is 1. The normalized spacial score (nSPS) is 25.8. The van der Waals surface area contributed by atoms with Crippen molar-refractivity contribution in [2.75, 3.05) is 38.2 Å². The Bertz CT molecular complexity index is 651. The number of ether oxygens (including phenoxy) is 2. The Labute approximate surface area is 182 Å². The summed E-state index contributed by atoms with van der Waals surface area (Å²) in [6, 6.07) is 7.72. The maximum Gasteiger partial charge on any atom is 0.256 e. The lowest BCUT2D eigenvalue weighted by molar-refractivity contribution is -0.147. The summed E-state index contributed by atoms with van der Waals surface area (Å²) >= 11 is 0. The molecule has 1 heterocycles. The third kappa shape index (κ3) is 6.45. The molecule has 0 radical (unpaired) electrons. The number of anilines is 1. The van der Waals surface area contributed by atoms with E-state index >= 15 is 0 Å². The van der Waals surface area contributed by atoms with E-state index in [-0.39, 0.29) is 5.91 Å². The molecule has 0 spiro atoms. The minimum Gasteiger partial charge on any atom is -0.494 e. The Morgan fingerprint density at radius 1 is 1.13 bits per heavy atom. The summed E-state index contributed by atoms with van der Waals surface area (Å²) < 4.78 is 11.9. The highest BCUT2D eigenvalue weighted by atomic mass is 16.5. The summed E-state index contributed by atoms with van der Waals surface area (Å²) in [5.74, 6) is 2.23. The molecule has 30 heavy (non-hydrogen) atoms. The lowest BCUT2D eigenvalue weighted by Gasteiger charge is -2.38. The average molecular weight is 417 g/mol. The molecule has 2 fully saturated rings. The first kappa shape index (κ1) is 23.1. The van der Waals surface area contributed by atoms with Gasteiger partial charge in [-0.3, -0.25) is 4.79 Å². The van der Waals surface area contributed by atoms with Crippen LogP contribution < -0.4 is 10.1 Å². The van der Waals surface area contributed by atoms with Crippen LogP contribution >= 0.6 is 0 Å². The number of nitrogens with one attached hydrogen (secondary N) is 1. The first-order valence-corrected chi connectivity index (χ1v) is 11.9. The van der Waals surface area contributed by atoms with Crippen molar-refractivity contribution in [1.82, 2.24) is 4.90 Å². The van der Waals surface area contributed by atoms with Gasteiger partial charge in [-0.25, -0.2) is 0 Å². The van der Waals surface area contributed by atoms with E-state index in [1.54, 1.807) is 0 Å². The van der Waals surface area contributed by atoms with Crippen molar-refractivity contribution >= 4 is 11.6 Å². The molecule has 1 aliphatic heterocycles. The molecule has 1 amide bonds. The van der Waals surface area contributed by atoms with E-state index in [2.05, 4.69) is 24.1 Å². The van der Waals surface area contributed by atoms with Crippen LogP contribution in [0.5, 0.6) is 5.75 Å². The van der Waals surface area contributed by atoms with Gasteiger partial charge in [0.1, 0.15) is 11.4 Å². The van der Waals surface area contributed by atoms with Crippen molar-refractivity contribution in [3.8, 4) is 5.75 Å². The summed E-state index contributed by atoms with van der Waals surface area (Å²) in [6.07, 6.45) is 7.48. The second kappa shape index (κ2) is 11.1. The van der Waals surface area contributed by atoms with E-state index in [1.165, 1.54) is 32.4 Å².